The van der Waals surface area contributed by atoms with Crippen molar-refractivity contribution in [1.82, 2.24) is 21.0 Å². The number of allylic oxidation sites excluding steroid dienone is 1. The molecule has 8 N–H and O–H groups in total. The van der Waals surface area contributed by atoms with Crippen LogP contribution >= 0.6 is 0 Å². The number of nitrogens with two attached hydrogens (primary N) is 1. The van der Waals surface area contributed by atoms with Crippen LogP contribution in [0.4, 0.5) is 15.3 Å². The van der Waals surface area contributed by atoms with E-state index >= 15 is 0 Å². The molecule has 3 fully saturated rings. The van der Waals surface area contributed by atoms with E-state index in [0.717, 1.165) is 60.3 Å². The third-order valence-corrected chi connectivity index (χ3v) is 16.1. The number of hydrogen-bond donors (Lipinski definition) is 7. The van der Waals surface area contributed by atoms with Crippen LogP contribution < -0.4 is 27.0 Å². The zero-order valence-corrected chi connectivity index (χ0v) is 42.0. The number of hydrogen-bond acceptors (Lipinski definition) is 9. The molecule has 0 radical (unpaired) electrons. The second-order valence-corrected chi connectivity index (χ2v) is 21.4. The monoisotopic (exact) mass is 953 g/mol. The number of anilines is 1. The molecule has 0 aromatic heterocycles. The first kappa shape index (κ1) is 54.7. The number of aliphatic hydroxyl groups is 1. The van der Waals surface area contributed by atoms with Crippen LogP contribution in [-0.4, -0.2) is 103 Å². The Hall–Kier alpha value is -4.25. The van der Waals surface area contributed by atoms with E-state index in [1.54, 1.807) is 38.1 Å². The summed E-state index contributed by atoms with van der Waals surface area (Å²) in [4.78, 5) is 69.3. The first-order valence-electron chi connectivity index (χ1n) is 25.5. The molecule has 4 aliphatic carbocycles. The molecule has 1 aromatic carbocycles. The Bertz CT molecular complexity index is 1860. The molecule has 10 atom stereocenters. The van der Waals surface area contributed by atoms with Crippen molar-refractivity contribution in [3.8, 4) is 0 Å². The third kappa shape index (κ3) is 14.6. The second kappa shape index (κ2) is 25.6. The Labute approximate surface area is 404 Å². The smallest absolute Gasteiger partial charge is 0.431 e. The highest BCUT2D eigenvalue weighted by Gasteiger charge is 2.59. The first-order valence-corrected chi connectivity index (χ1v) is 25.5. The molecule has 382 valence electrons. The number of carbonyl (C=O) groups is 5. The van der Waals surface area contributed by atoms with Gasteiger partial charge >= 0.3 is 12.1 Å². The topological polar surface area (TPSA) is 231 Å². The molecule has 0 bridgehead atoms. The fourth-order valence-corrected chi connectivity index (χ4v) is 12.4. The van der Waals surface area contributed by atoms with Gasteiger partial charge in [-0.05, 0) is 134 Å². The summed E-state index contributed by atoms with van der Waals surface area (Å²) in [5, 5.41) is 31.0. The Balaban J connectivity index is 1.02. The van der Waals surface area contributed by atoms with E-state index < -0.39 is 41.9 Å². The van der Waals surface area contributed by atoms with Crippen molar-refractivity contribution in [2.24, 2.45) is 58.0 Å². The van der Waals surface area contributed by atoms with Crippen molar-refractivity contribution in [2.45, 2.75) is 157 Å². The zero-order valence-electron chi connectivity index (χ0n) is 42.0. The number of rotatable bonds is 26. The van der Waals surface area contributed by atoms with E-state index in [-0.39, 0.29) is 70.0 Å². The minimum Gasteiger partial charge on any atom is -0.463 e. The number of ether oxygens (including phenoxy) is 2. The number of carbonyl (C=O) groups excluding carboxylic acids is 4. The highest BCUT2D eigenvalue weighted by atomic mass is 16.7. The van der Waals surface area contributed by atoms with E-state index in [1.165, 1.54) is 50.5 Å². The summed E-state index contributed by atoms with van der Waals surface area (Å²) >= 11 is 0. The van der Waals surface area contributed by atoms with Crippen molar-refractivity contribution in [2.75, 3.05) is 44.8 Å². The molecular formula is C52H84N6O10. The van der Waals surface area contributed by atoms with Crippen molar-refractivity contribution in [3.63, 3.8) is 0 Å². The van der Waals surface area contributed by atoms with Crippen LogP contribution in [0.15, 0.2) is 35.9 Å². The maximum absolute atomic E-state index is 13.5. The summed E-state index contributed by atoms with van der Waals surface area (Å²) in [7, 11) is 0. The highest BCUT2D eigenvalue weighted by molar-refractivity contribution is 5.98. The fraction of sp³-hybridized carbons (Fsp3) is 0.750. The first-order chi connectivity index (χ1) is 32.4. The molecule has 0 saturated heterocycles. The quantitative estimate of drug-likeness (QED) is 0.0274. The van der Waals surface area contributed by atoms with Gasteiger partial charge in [-0.15, -0.1) is 0 Å². The van der Waals surface area contributed by atoms with E-state index in [2.05, 4.69) is 62.0 Å². The lowest BCUT2D eigenvalue weighted by Gasteiger charge is -2.58. The van der Waals surface area contributed by atoms with Gasteiger partial charge in [-0.3, -0.25) is 19.2 Å². The number of fused-ring (bicyclic) bond motifs is 5. The largest absolute Gasteiger partial charge is 0.463 e. The fourth-order valence-electron chi connectivity index (χ4n) is 12.4. The van der Waals surface area contributed by atoms with Crippen molar-refractivity contribution < 1.29 is 48.5 Å². The van der Waals surface area contributed by atoms with Gasteiger partial charge in [0.05, 0.1) is 39.1 Å². The molecule has 0 heterocycles. The van der Waals surface area contributed by atoms with Gasteiger partial charge in [-0.25, -0.2) is 9.59 Å². The number of benzene rings is 1. The summed E-state index contributed by atoms with van der Waals surface area (Å²) in [5.41, 5.74) is 8.31. The number of carboxylic acid groups (broad SMARTS) is 1. The molecular weight excluding hydrogens is 869 g/mol. The minimum absolute atomic E-state index is 0.0203. The number of urea groups is 1. The zero-order chi connectivity index (χ0) is 49.6. The molecule has 6 amide bonds. The number of primary amides is 1. The number of nitrogens with one attached hydrogen (secondary N) is 4. The number of hydroxylamine groups is 2. The van der Waals surface area contributed by atoms with Crippen LogP contribution in [-0.2, 0) is 35.3 Å². The molecule has 1 aromatic rings. The summed E-state index contributed by atoms with van der Waals surface area (Å²) in [5.74, 6) is 2.60. The van der Waals surface area contributed by atoms with Gasteiger partial charge in [0.2, 0.25) is 17.7 Å². The number of aliphatic hydroxyl groups excluding tert-OH is 1. The molecule has 0 unspecified atom stereocenters. The Kier molecular flexibility index (Phi) is 20.6. The van der Waals surface area contributed by atoms with E-state index in [9.17, 15) is 34.2 Å². The summed E-state index contributed by atoms with van der Waals surface area (Å²) < 4.78 is 11.2. The van der Waals surface area contributed by atoms with Crippen LogP contribution in [0.5, 0.6) is 0 Å². The number of amides is 6. The highest BCUT2D eigenvalue weighted by Crippen LogP contribution is 2.67. The lowest BCUT2D eigenvalue weighted by atomic mass is 9.47. The van der Waals surface area contributed by atoms with Crippen LogP contribution in [0.25, 0.3) is 0 Å². The predicted molar refractivity (Wildman–Crippen MR) is 261 cm³/mol. The van der Waals surface area contributed by atoms with Crippen LogP contribution in [0.2, 0.25) is 0 Å². The van der Waals surface area contributed by atoms with Crippen LogP contribution in [0, 0.1) is 52.3 Å². The number of nitrogens with zero attached hydrogens (tertiary/aromatic N) is 1. The lowest BCUT2D eigenvalue weighted by Crippen LogP contribution is -2.55. The average molecular weight is 953 g/mol. The summed E-state index contributed by atoms with van der Waals surface area (Å²) in [6, 6.07) is 3.90. The Morgan fingerprint density at radius 1 is 0.853 bits per heavy atom. The van der Waals surface area contributed by atoms with E-state index in [0.29, 0.717) is 29.0 Å². The van der Waals surface area contributed by atoms with Gasteiger partial charge in [-0.2, -0.15) is 5.06 Å². The van der Waals surface area contributed by atoms with Crippen LogP contribution in [0.1, 0.15) is 138 Å². The molecule has 16 nitrogen and oxygen atoms in total. The van der Waals surface area contributed by atoms with Gasteiger partial charge < -0.3 is 46.7 Å². The van der Waals surface area contributed by atoms with Gasteiger partial charge in [-0.1, -0.05) is 91.5 Å². The maximum Gasteiger partial charge on any atom is 0.431 e. The standard InChI is InChI=1S/C52H84N6O10/c1-33(2)10-8-11-35(5)41-19-20-42-40-18-15-37-30-39(21-23-51(37,6)43(40)22-24-52(41,42)7)68-58(50(64)65)26-27-66-28-29-67-32-45(60)57-46(34(3)4)48(62)56-44(12-9-25-54-49(53)63)47(61)55-38-16-13-36(31-59)14-17-38/h13-17,33-35,39-44,46,59H,8-12,18-32H2,1-7H3,(H,55,61)(H,56,62)(H,57,60)(H,64,65)(H3,53,54,63)/t35-,39+,40+,41-,42+,43+,44+,46+,51+,52-/m1/s1. The Morgan fingerprint density at radius 3 is 2.26 bits per heavy atom. The molecule has 68 heavy (non-hydrogen) atoms. The average Bonchev–Trinajstić information content (AvgIpc) is 3.65. The SMILES string of the molecule is CC(C)CCC[C@@H](C)[C@H]1CC[C@H]2[C@@H]3CC=C4C[C@@H](ON(CCOCCOCC(=O)N[C@H](C(=O)N[C@@H](CCCNC(N)=O)C(=O)Nc5ccc(CO)cc5)C(C)C)C(=O)O)CC[C@]4(C)[C@H]3CC[C@]12C. The van der Waals surface area contributed by atoms with Gasteiger partial charge in [0.25, 0.3) is 0 Å². The predicted octanol–water partition coefficient (Wildman–Crippen LogP) is 7.55. The van der Waals surface area contributed by atoms with Crippen molar-refractivity contribution >= 4 is 35.5 Å². The molecule has 4 aliphatic rings. The van der Waals surface area contributed by atoms with Crippen molar-refractivity contribution in [3.05, 3.63) is 41.5 Å². The molecule has 16 heteroatoms. The van der Waals surface area contributed by atoms with E-state index in [4.69, 9.17) is 20.0 Å². The molecule has 5 rings (SSSR count). The summed E-state index contributed by atoms with van der Waals surface area (Å²) in [6.07, 6.45) is 14.6. The molecule has 0 aliphatic heterocycles. The summed E-state index contributed by atoms with van der Waals surface area (Å²) in [6.45, 7) is 15.8. The third-order valence-electron chi connectivity index (χ3n) is 16.1. The second-order valence-electron chi connectivity index (χ2n) is 21.4. The lowest BCUT2D eigenvalue weighted by molar-refractivity contribution is -0.187. The van der Waals surface area contributed by atoms with E-state index in [1.807, 2.05) is 0 Å². The maximum atomic E-state index is 13.5. The van der Waals surface area contributed by atoms with Gasteiger partial charge in [0, 0.05) is 12.2 Å². The minimum atomic E-state index is -1.17. The van der Waals surface area contributed by atoms with Crippen molar-refractivity contribution in [1.29, 1.82) is 0 Å². The molecule has 0 spiro atoms. The van der Waals surface area contributed by atoms with Gasteiger partial charge in [0.15, 0.2) is 0 Å². The van der Waals surface area contributed by atoms with Gasteiger partial charge in [0.1, 0.15) is 18.7 Å². The normalized spacial score (nSPS) is 26.6. The van der Waals surface area contributed by atoms with Crippen LogP contribution in [0.3, 0.4) is 0 Å². The Morgan fingerprint density at radius 2 is 1.59 bits per heavy atom. The molecule has 3 saturated carbocycles.